The van der Waals surface area contributed by atoms with Crippen LogP contribution in [0.25, 0.3) is 0 Å². The van der Waals surface area contributed by atoms with Crippen LogP contribution in [0.15, 0.2) is 0 Å². The normalized spacial score (nSPS) is 27.3. The lowest BCUT2D eigenvalue weighted by atomic mass is 9.81. The Bertz CT molecular complexity index is 1740. The summed E-state index contributed by atoms with van der Waals surface area (Å²) >= 11 is 0. The van der Waals surface area contributed by atoms with E-state index in [1.54, 1.807) is 0 Å². The molecule has 0 aromatic carbocycles. The lowest BCUT2D eigenvalue weighted by molar-refractivity contribution is -0.139. The zero-order valence-electron chi connectivity index (χ0n) is 43.1. The Morgan fingerprint density at radius 2 is 0.361 bits per heavy atom. The van der Waals surface area contributed by atoms with Gasteiger partial charge in [0.15, 0.2) is 0 Å². The first kappa shape index (κ1) is 57.6. The molecule has 0 saturated heterocycles. The fraction of sp³-hybridized carbons (Fsp3) is 0.808. The molecule has 72 heavy (non-hydrogen) atoms. The van der Waals surface area contributed by atoms with E-state index in [0.29, 0.717) is 77.3 Å². The molecule has 10 amide bonds. The third-order valence-corrected chi connectivity index (χ3v) is 16.0. The minimum absolute atomic E-state index is 0.0486. The van der Waals surface area contributed by atoms with E-state index in [4.69, 9.17) is 0 Å². The lowest BCUT2D eigenvalue weighted by Crippen LogP contribution is -2.46. The van der Waals surface area contributed by atoms with E-state index in [1.165, 1.54) is 13.8 Å². The number of amides is 10. The highest BCUT2D eigenvalue weighted by molar-refractivity contribution is 6.36. The Balaban J connectivity index is 0.882. The molecule has 20 heteroatoms. The van der Waals surface area contributed by atoms with Crippen LogP contribution < -0.4 is 53.2 Å². The molecule has 5 aliphatic rings. The SMILES string of the molecule is CC(=O)NCC1CCCC(CNC(=O)C(=O)NCC2CCCC(CNC(=O)C(=O)NCC3CCCC(CNC(=O)C(=O)NCC4CCCC(CNC(=O)C(=O)NCC5CCCC(CNC(C)=O)C5)C4)C3)C2)C1. The average molecular weight is 1010 g/mol. The van der Waals surface area contributed by atoms with Crippen LogP contribution in [0.2, 0.25) is 0 Å². The van der Waals surface area contributed by atoms with Crippen LogP contribution in [0.5, 0.6) is 0 Å². The van der Waals surface area contributed by atoms with Gasteiger partial charge in [-0.2, -0.15) is 0 Å². The Morgan fingerprint density at radius 1 is 0.236 bits per heavy atom. The molecule has 0 heterocycles. The lowest BCUT2D eigenvalue weighted by Gasteiger charge is -2.30. The van der Waals surface area contributed by atoms with E-state index in [9.17, 15) is 47.9 Å². The molecule has 10 atom stereocenters. The highest BCUT2D eigenvalue weighted by Crippen LogP contribution is 2.32. The minimum atomic E-state index is -0.692. The summed E-state index contributed by atoms with van der Waals surface area (Å²) in [6.07, 6.45) is 18.2. The molecule has 0 radical (unpaired) electrons. The second-order valence-electron chi connectivity index (χ2n) is 22.0. The van der Waals surface area contributed by atoms with Gasteiger partial charge < -0.3 is 53.2 Å². The van der Waals surface area contributed by atoms with Gasteiger partial charge in [0.25, 0.3) is 0 Å². The quantitative estimate of drug-likeness (QED) is 0.0779. The first-order valence-corrected chi connectivity index (χ1v) is 27.3. The van der Waals surface area contributed by atoms with Gasteiger partial charge in [0.05, 0.1) is 0 Å². The number of hydrogen-bond acceptors (Lipinski definition) is 10. The Labute approximate surface area is 425 Å². The predicted molar refractivity (Wildman–Crippen MR) is 269 cm³/mol. The van der Waals surface area contributed by atoms with Crippen LogP contribution in [-0.4, -0.2) is 125 Å². The molecule has 5 rings (SSSR count). The Morgan fingerprint density at radius 3 is 0.486 bits per heavy atom. The van der Waals surface area contributed by atoms with E-state index in [-0.39, 0.29) is 59.2 Å². The molecule has 10 unspecified atom stereocenters. The number of hydrogen-bond donors (Lipinski definition) is 10. The zero-order chi connectivity index (χ0) is 51.8. The summed E-state index contributed by atoms with van der Waals surface area (Å²) in [5.41, 5.74) is 0. The van der Waals surface area contributed by atoms with Crippen molar-refractivity contribution in [1.29, 1.82) is 0 Å². The maximum absolute atomic E-state index is 12.8. The Kier molecular flexibility index (Phi) is 24.5. The predicted octanol–water partition coefficient (Wildman–Crippen LogP) is 1.22. The van der Waals surface area contributed by atoms with Crippen LogP contribution in [0.1, 0.15) is 142 Å². The third-order valence-electron chi connectivity index (χ3n) is 16.0. The summed E-state index contributed by atoms with van der Waals surface area (Å²) < 4.78 is 0. The van der Waals surface area contributed by atoms with Crippen molar-refractivity contribution >= 4 is 59.1 Å². The van der Waals surface area contributed by atoms with Crippen molar-refractivity contribution in [1.82, 2.24) is 53.2 Å². The van der Waals surface area contributed by atoms with Crippen molar-refractivity contribution in [2.75, 3.05) is 65.4 Å². The van der Waals surface area contributed by atoms with Gasteiger partial charge in [-0.25, -0.2) is 0 Å². The van der Waals surface area contributed by atoms with Gasteiger partial charge >= 0.3 is 47.3 Å². The molecule has 5 aliphatic carbocycles. The van der Waals surface area contributed by atoms with Crippen LogP contribution in [-0.2, 0) is 47.9 Å². The molecule has 10 N–H and O–H groups in total. The number of carbonyl (C=O) groups excluding carboxylic acids is 10. The fourth-order valence-electron chi connectivity index (χ4n) is 12.0. The summed E-state index contributed by atoms with van der Waals surface area (Å²) in [7, 11) is 0. The summed E-state index contributed by atoms with van der Waals surface area (Å²) in [6.45, 7) is 7.21. The largest absolute Gasteiger partial charge is 0.356 e. The van der Waals surface area contributed by atoms with E-state index < -0.39 is 47.3 Å². The highest BCUT2D eigenvalue weighted by atomic mass is 16.2. The molecule has 0 bridgehead atoms. The third kappa shape index (κ3) is 21.4. The monoisotopic (exact) mass is 1010 g/mol. The topological polar surface area (TPSA) is 291 Å². The van der Waals surface area contributed by atoms with Crippen LogP contribution in [0, 0.1) is 59.2 Å². The van der Waals surface area contributed by atoms with Crippen molar-refractivity contribution in [3.8, 4) is 0 Å². The molecule has 5 fully saturated rings. The summed E-state index contributed by atoms with van der Waals surface area (Å²) in [5.74, 6) is -3.33. The van der Waals surface area contributed by atoms with Gasteiger partial charge in [0, 0.05) is 79.3 Å². The fourth-order valence-corrected chi connectivity index (χ4v) is 12.0. The maximum Gasteiger partial charge on any atom is 0.309 e. The first-order valence-electron chi connectivity index (χ1n) is 27.3. The van der Waals surface area contributed by atoms with Gasteiger partial charge in [-0.3, -0.25) is 47.9 Å². The maximum atomic E-state index is 12.8. The van der Waals surface area contributed by atoms with E-state index in [2.05, 4.69) is 53.2 Å². The van der Waals surface area contributed by atoms with Crippen LogP contribution in [0.3, 0.4) is 0 Å². The first-order chi connectivity index (χ1) is 34.6. The van der Waals surface area contributed by atoms with Crippen LogP contribution in [0.4, 0.5) is 0 Å². The number of carbonyl (C=O) groups is 10. The molecule has 0 aliphatic heterocycles. The number of nitrogens with one attached hydrogen (secondary N) is 10. The molecule has 20 nitrogen and oxygen atoms in total. The van der Waals surface area contributed by atoms with Crippen molar-refractivity contribution in [2.45, 2.75) is 142 Å². The second-order valence-corrected chi connectivity index (χ2v) is 22.0. The van der Waals surface area contributed by atoms with E-state index >= 15 is 0 Å². The van der Waals surface area contributed by atoms with Crippen molar-refractivity contribution in [3.05, 3.63) is 0 Å². The molecule has 5 saturated carbocycles. The molecular formula is C52H86N10O10. The molecular weight excluding hydrogens is 925 g/mol. The standard InChI is InChI=1S/C52H86N10O10/c1-33(63)53-23-35-8-3-10-37(18-35)25-55-45(65)47(67)57-27-39-12-5-14-41(20-39)29-59-49(69)51(71)61-31-43-16-7-17-44(22-43)32-62-52(72)50(70)60-30-42-15-6-13-40(21-42)28-58-48(68)46(66)56-26-38-11-4-9-36(19-38)24-54-34(2)64/h35-44H,3-32H2,1-2H3,(H,53,63)(H,54,64)(H,55,65)(H,56,66)(H,57,67)(H,58,68)(H,59,69)(H,60,70)(H,61,71)(H,62,72). The number of rotatable bonds is 20. The van der Waals surface area contributed by atoms with Gasteiger partial charge in [0.1, 0.15) is 0 Å². The molecule has 0 aromatic rings. The van der Waals surface area contributed by atoms with Crippen molar-refractivity contribution < 1.29 is 47.9 Å². The van der Waals surface area contributed by atoms with Gasteiger partial charge in [-0.1, -0.05) is 32.1 Å². The smallest absolute Gasteiger partial charge is 0.309 e. The summed E-state index contributed by atoms with van der Waals surface area (Å²) in [6, 6.07) is 0. The molecule has 0 spiro atoms. The van der Waals surface area contributed by atoms with Crippen LogP contribution >= 0.6 is 0 Å². The van der Waals surface area contributed by atoms with Gasteiger partial charge in [0.2, 0.25) is 11.8 Å². The summed E-state index contributed by atoms with van der Waals surface area (Å²) in [5, 5.41) is 28.0. The second kappa shape index (κ2) is 30.7. The summed E-state index contributed by atoms with van der Waals surface area (Å²) in [4.78, 5) is 124. The zero-order valence-corrected chi connectivity index (χ0v) is 43.1. The van der Waals surface area contributed by atoms with Gasteiger partial charge in [-0.15, -0.1) is 0 Å². The van der Waals surface area contributed by atoms with E-state index in [0.717, 1.165) is 128 Å². The molecule has 0 aromatic heterocycles. The van der Waals surface area contributed by atoms with Gasteiger partial charge in [-0.05, 0) is 155 Å². The molecule has 404 valence electrons. The highest BCUT2D eigenvalue weighted by Gasteiger charge is 2.30. The minimum Gasteiger partial charge on any atom is -0.356 e. The van der Waals surface area contributed by atoms with Crippen molar-refractivity contribution in [3.63, 3.8) is 0 Å². The van der Waals surface area contributed by atoms with E-state index in [1.807, 2.05) is 0 Å². The average Bonchev–Trinajstić information content (AvgIpc) is 3.39. The Hall–Kier alpha value is -5.30. The van der Waals surface area contributed by atoms with Crippen molar-refractivity contribution in [2.24, 2.45) is 59.2 Å².